The molecule has 0 saturated carbocycles. The Morgan fingerprint density at radius 2 is 2.11 bits per heavy atom. The van der Waals surface area contributed by atoms with Gasteiger partial charge in [0.05, 0.1) is 29.3 Å². The van der Waals surface area contributed by atoms with Crippen LogP contribution in [0.4, 0.5) is 0 Å². The Hall–Kier alpha value is -3.48. The lowest BCUT2D eigenvalue weighted by molar-refractivity contribution is 0.0945. The van der Waals surface area contributed by atoms with Crippen LogP contribution in [0.5, 0.6) is 0 Å². The van der Waals surface area contributed by atoms with E-state index in [9.17, 15) is 4.79 Å². The highest BCUT2D eigenvalue weighted by molar-refractivity contribution is 6.07. The number of pyridine rings is 1. The minimum Gasteiger partial charge on any atom is -0.350 e. The van der Waals surface area contributed by atoms with Crippen LogP contribution < -0.4 is 5.32 Å². The van der Waals surface area contributed by atoms with Crippen molar-refractivity contribution < 1.29 is 4.79 Å². The van der Waals surface area contributed by atoms with E-state index >= 15 is 0 Å². The first-order valence-corrected chi connectivity index (χ1v) is 9.31. The number of rotatable bonds is 6. The Bertz CT molecular complexity index is 1100. The van der Waals surface area contributed by atoms with E-state index in [-0.39, 0.29) is 11.9 Å². The van der Waals surface area contributed by atoms with Gasteiger partial charge in [0.2, 0.25) is 0 Å². The maximum absolute atomic E-state index is 12.7. The van der Waals surface area contributed by atoms with Crippen molar-refractivity contribution in [3.8, 4) is 11.3 Å². The molecule has 7 nitrogen and oxygen atoms in total. The van der Waals surface area contributed by atoms with E-state index in [4.69, 9.17) is 4.98 Å². The number of aromatic nitrogens is 5. The van der Waals surface area contributed by atoms with Crippen LogP contribution in [0.3, 0.4) is 0 Å². The van der Waals surface area contributed by atoms with Gasteiger partial charge in [0.1, 0.15) is 0 Å². The number of fused-ring (bicyclic) bond motifs is 1. The van der Waals surface area contributed by atoms with Gasteiger partial charge >= 0.3 is 0 Å². The Balaban J connectivity index is 1.66. The Labute approximate surface area is 162 Å². The minimum absolute atomic E-state index is 0.0631. The molecule has 0 bridgehead atoms. The van der Waals surface area contributed by atoms with Gasteiger partial charge in [-0.3, -0.25) is 9.48 Å². The molecule has 1 aromatic carbocycles. The summed E-state index contributed by atoms with van der Waals surface area (Å²) in [5.74, 6) is -0.0958. The van der Waals surface area contributed by atoms with Crippen molar-refractivity contribution in [3.05, 3.63) is 66.5 Å². The zero-order valence-electron chi connectivity index (χ0n) is 15.9. The van der Waals surface area contributed by atoms with Crippen LogP contribution >= 0.6 is 0 Å². The maximum Gasteiger partial charge on any atom is 0.252 e. The predicted molar refractivity (Wildman–Crippen MR) is 108 cm³/mol. The standard InChI is InChI=1S/C21H22N6O/c1-14(2)25-21(28)18-9-20(26-19-6-4-3-5-17(18)19)15-10-24-27(12-15)8-7-16-11-22-13-23-16/h3-6,9-14H,7-8H2,1-2H3,(H,22,23)(H,25,28). The maximum atomic E-state index is 12.7. The molecule has 0 saturated heterocycles. The monoisotopic (exact) mass is 374 g/mol. The van der Waals surface area contributed by atoms with Gasteiger partial charge < -0.3 is 10.3 Å². The van der Waals surface area contributed by atoms with Gasteiger partial charge in [0, 0.05) is 48.0 Å². The third-order valence-corrected chi connectivity index (χ3v) is 4.47. The van der Waals surface area contributed by atoms with Gasteiger partial charge in [-0.1, -0.05) is 18.2 Å². The van der Waals surface area contributed by atoms with E-state index in [1.54, 1.807) is 12.5 Å². The van der Waals surface area contributed by atoms with Crippen molar-refractivity contribution >= 4 is 16.8 Å². The molecular formula is C21H22N6O. The molecule has 1 amide bonds. The summed E-state index contributed by atoms with van der Waals surface area (Å²) in [6.07, 6.45) is 8.04. The molecule has 4 rings (SSSR count). The third-order valence-electron chi connectivity index (χ3n) is 4.47. The summed E-state index contributed by atoms with van der Waals surface area (Å²) in [5.41, 5.74) is 4.10. The van der Waals surface area contributed by atoms with Crippen LogP contribution in [-0.2, 0) is 13.0 Å². The van der Waals surface area contributed by atoms with E-state index in [0.29, 0.717) is 5.56 Å². The molecule has 0 aliphatic heterocycles. The molecule has 0 atom stereocenters. The van der Waals surface area contributed by atoms with E-state index in [1.165, 1.54) is 0 Å². The number of benzene rings is 1. The molecule has 0 fully saturated rings. The van der Waals surface area contributed by atoms with E-state index in [0.717, 1.165) is 40.8 Å². The van der Waals surface area contributed by atoms with Crippen LogP contribution in [0.15, 0.2) is 55.2 Å². The van der Waals surface area contributed by atoms with Gasteiger partial charge in [0.15, 0.2) is 0 Å². The topological polar surface area (TPSA) is 88.5 Å². The van der Waals surface area contributed by atoms with Crippen LogP contribution in [0.25, 0.3) is 22.2 Å². The van der Waals surface area contributed by atoms with Crippen molar-refractivity contribution in [1.29, 1.82) is 0 Å². The number of para-hydroxylation sites is 1. The molecule has 2 N–H and O–H groups in total. The molecule has 3 aromatic heterocycles. The molecule has 142 valence electrons. The summed E-state index contributed by atoms with van der Waals surface area (Å²) in [4.78, 5) is 24.6. The zero-order valence-corrected chi connectivity index (χ0v) is 15.9. The molecule has 0 aliphatic rings. The molecule has 0 aliphatic carbocycles. The average molecular weight is 374 g/mol. The van der Waals surface area contributed by atoms with Crippen molar-refractivity contribution in [3.63, 3.8) is 0 Å². The summed E-state index contributed by atoms with van der Waals surface area (Å²) < 4.78 is 1.88. The first-order valence-electron chi connectivity index (χ1n) is 9.31. The highest BCUT2D eigenvalue weighted by Crippen LogP contribution is 2.24. The smallest absolute Gasteiger partial charge is 0.252 e. The molecule has 28 heavy (non-hydrogen) atoms. The number of amides is 1. The summed E-state index contributed by atoms with van der Waals surface area (Å²) in [7, 11) is 0. The number of nitrogens with zero attached hydrogens (tertiary/aromatic N) is 4. The summed E-state index contributed by atoms with van der Waals surface area (Å²) in [5, 5.41) is 8.25. The van der Waals surface area contributed by atoms with Gasteiger partial charge in [-0.05, 0) is 26.0 Å². The first kappa shape index (κ1) is 17.9. The van der Waals surface area contributed by atoms with Gasteiger partial charge in [-0.25, -0.2) is 9.97 Å². The number of aryl methyl sites for hydroxylation is 2. The number of hydrogen-bond donors (Lipinski definition) is 2. The molecule has 4 aromatic rings. The lowest BCUT2D eigenvalue weighted by atomic mass is 10.0. The minimum atomic E-state index is -0.0958. The molecule has 0 spiro atoms. The largest absolute Gasteiger partial charge is 0.350 e. The fraction of sp³-hybridized carbons (Fsp3) is 0.238. The lowest BCUT2D eigenvalue weighted by Gasteiger charge is -2.11. The second-order valence-corrected chi connectivity index (χ2v) is 7.02. The van der Waals surface area contributed by atoms with Crippen LogP contribution in [0, 0.1) is 0 Å². The number of nitrogens with one attached hydrogen (secondary N) is 2. The Kier molecular flexibility index (Phi) is 4.89. The normalized spacial score (nSPS) is 11.2. The van der Waals surface area contributed by atoms with Crippen molar-refractivity contribution in [2.45, 2.75) is 32.9 Å². The van der Waals surface area contributed by atoms with Crippen LogP contribution in [0.1, 0.15) is 29.9 Å². The van der Waals surface area contributed by atoms with Crippen LogP contribution in [-0.4, -0.2) is 36.7 Å². The molecular weight excluding hydrogens is 352 g/mol. The van der Waals surface area contributed by atoms with E-state index in [2.05, 4.69) is 20.4 Å². The number of imidazole rings is 1. The third kappa shape index (κ3) is 3.78. The van der Waals surface area contributed by atoms with E-state index in [1.807, 2.05) is 61.3 Å². The highest BCUT2D eigenvalue weighted by Gasteiger charge is 2.15. The second-order valence-electron chi connectivity index (χ2n) is 7.02. The van der Waals surface area contributed by atoms with Gasteiger partial charge in [-0.15, -0.1) is 0 Å². The average Bonchev–Trinajstić information content (AvgIpc) is 3.36. The van der Waals surface area contributed by atoms with Crippen molar-refractivity contribution in [2.75, 3.05) is 0 Å². The number of carbonyl (C=O) groups is 1. The van der Waals surface area contributed by atoms with Crippen LogP contribution in [0.2, 0.25) is 0 Å². The predicted octanol–water partition coefficient (Wildman–Crippen LogP) is 3.20. The number of carbonyl (C=O) groups excluding carboxylic acids is 1. The summed E-state index contributed by atoms with van der Waals surface area (Å²) in [6, 6.07) is 9.60. The molecule has 0 radical (unpaired) electrons. The number of hydrogen-bond acceptors (Lipinski definition) is 4. The van der Waals surface area contributed by atoms with Crippen molar-refractivity contribution in [1.82, 2.24) is 30.0 Å². The number of aromatic amines is 1. The van der Waals surface area contributed by atoms with Gasteiger partial charge in [-0.2, -0.15) is 5.10 Å². The highest BCUT2D eigenvalue weighted by atomic mass is 16.1. The van der Waals surface area contributed by atoms with Gasteiger partial charge in [0.25, 0.3) is 5.91 Å². The lowest BCUT2D eigenvalue weighted by Crippen LogP contribution is -2.30. The summed E-state index contributed by atoms with van der Waals surface area (Å²) in [6.45, 7) is 4.63. The molecule has 7 heteroatoms. The fourth-order valence-electron chi connectivity index (χ4n) is 3.13. The molecule has 3 heterocycles. The quantitative estimate of drug-likeness (QED) is 0.542. The first-order chi connectivity index (χ1) is 13.6. The van der Waals surface area contributed by atoms with E-state index < -0.39 is 0 Å². The molecule has 0 unspecified atom stereocenters. The Morgan fingerprint density at radius 1 is 1.25 bits per heavy atom. The second kappa shape index (κ2) is 7.64. The fourth-order valence-corrected chi connectivity index (χ4v) is 3.13. The zero-order chi connectivity index (χ0) is 19.5. The summed E-state index contributed by atoms with van der Waals surface area (Å²) >= 11 is 0. The Morgan fingerprint density at radius 3 is 2.89 bits per heavy atom. The van der Waals surface area contributed by atoms with Crippen molar-refractivity contribution in [2.24, 2.45) is 0 Å². The number of H-pyrrole nitrogens is 1. The SMILES string of the molecule is CC(C)NC(=O)c1cc(-c2cnn(CCc3cnc[nH]3)c2)nc2ccccc12.